The van der Waals surface area contributed by atoms with Crippen LogP contribution in [0.4, 0.5) is 0 Å². The van der Waals surface area contributed by atoms with Gasteiger partial charge in [-0.15, -0.1) is 0 Å². The van der Waals surface area contributed by atoms with E-state index >= 15 is 0 Å². The molecule has 0 atom stereocenters. The molecule has 0 aromatic carbocycles. The van der Waals surface area contributed by atoms with E-state index in [0.717, 1.165) is 6.42 Å². The summed E-state index contributed by atoms with van der Waals surface area (Å²) in [6.45, 7) is 6.04. The van der Waals surface area contributed by atoms with Crippen molar-refractivity contribution >= 4 is 0 Å². The summed E-state index contributed by atoms with van der Waals surface area (Å²) in [4.78, 5) is 4.15. The molecule has 0 amide bonds. The molecule has 14 heavy (non-hydrogen) atoms. The van der Waals surface area contributed by atoms with Crippen LogP contribution in [0, 0.1) is 0 Å². The van der Waals surface area contributed by atoms with Gasteiger partial charge in [0.05, 0.1) is 12.3 Å². The molecule has 78 valence electrons. The van der Waals surface area contributed by atoms with Crippen molar-refractivity contribution in [2.45, 2.75) is 39.4 Å². The minimum absolute atomic E-state index is 0.0518. The highest BCUT2D eigenvalue weighted by molar-refractivity contribution is 5.16. The lowest BCUT2D eigenvalue weighted by molar-refractivity contribution is 0.0982. The molecule has 0 aliphatic rings. The molecule has 0 radical (unpaired) electrons. The lowest BCUT2D eigenvalue weighted by Crippen LogP contribution is -2.27. The first-order valence-corrected chi connectivity index (χ1v) is 4.83. The van der Waals surface area contributed by atoms with Crippen LogP contribution < -0.4 is 4.74 Å². The highest BCUT2D eigenvalue weighted by Gasteiger charge is 2.17. The number of nitrogens with zero attached hydrogens (tertiary/aromatic N) is 1. The zero-order valence-electron chi connectivity index (χ0n) is 8.95. The van der Waals surface area contributed by atoms with Crippen LogP contribution in [-0.2, 0) is 6.61 Å². The summed E-state index contributed by atoms with van der Waals surface area (Å²) in [5.41, 5.74) is 0.426. The first-order valence-electron chi connectivity index (χ1n) is 4.83. The standard InChI is InChI=1S/C11H17NO2/c1-4-11(2,3)14-10-7-5-6-9(8-13)12-10/h5-7,13H,4,8H2,1-3H3. The van der Waals surface area contributed by atoms with Crippen LogP contribution in [0.15, 0.2) is 18.2 Å². The van der Waals surface area contributed by atoms with Gasteiger partial charge in [0.15, 0.2) is 0 Å². The van der Waals surface area contributed by atoms with E-state index in [-0.39, 0.29) is 12.2 Å². The van der Waals surface area contributed by atoms with E-state index in [1.165, 1.54) is 0 Å². The second-order valence-corrected chi connectivity index (χ2v) is 3.84. The van der Waals surface area contributed by atoms with E-state index in [1.807, 2.05) is 19.9 Å². The second kappa shape index (κ2) is 4.42. The number of rotatable bonds is 4. The highest BCUT2D eigenvalue weighted by Crippen LogP contribution is 2.18. The fraction of sp³-hybridized carbons (Fsp3) is 0.545. The van der Waals surface area contributed by atoms with Gasteiger partial charge in [-0.05, 0) is 26.3 Å². The summed E-state index contributed by atoms with van der Waals surface area (Å²) in [5.74, 6) is 0.573. The van der Waals surface area contributed by atoms with E-state index in [9.17, 15) is 0 Å². The summed E-state index contributed by atoms with van der Waals surface area (Å²) < 4.78 is 5.67. The van der Waals surface area contributed by atoms with E-state index < -0.39 is 0 Å². The lowest BCUT2D eigenvalue weighted by Gasteiger charge is -2.24. The monoisotopic (exact) mass is 195 g/mol. The van der Waals surface area contributed by atoms with E-state index in [1.54, 1.807) is 12.1 Å². The molecule has 0 aliphatic heterocycles. The van der Waals surface area contributed by atoms with Gasteiger partial charge in [-0.2, -0.15) is 0 Å². The van der Waals surface area contributed by atoms with Crippen molar-refractivity contribution in [3.8, 4) is 5.88 Å². The number of aromatic nitrogens is 1. The molecule has 0 fully saturated rings. The molecule has 0 unspecified atom stereocenters. The van der Waals surface area contributed by atoms with Crippen molar-refractivity contribution in [1.29, 1.82) is 0 Å². The Bertz CT molecular complexity index is 297. The van der Waals surface area contributed by atoms with E-state index in [2.05, 4.69) is 11.9 Å². The first-order chi connectivity index (χ1) is 6.57. The van der Waals surface area contributed by atoms with Crippen LogP contribution in [-0.4, -0.2) is 15.7 Å². The normalized spacial score (nSPS) is 11.4. The van der Waals surface area contributed by atoms with Gasteiger partial charge >= 0.3 is 0 Å². The van der Waals surface area contributed by atoms with Crippen molar-refractivity contribution in [3.05, 3.63) is 23.9 Å². The molecule has 1 N–H and O–H groups in total. The third kappa shape index (κ3) is 3.00. The zero-order valence-corrected chi connectivity index (χ0v) is 8.95. The van der Waals surface area contributed by atoms with Crippen molar-refractivity contribution in [3.63, 3.8) is 0 Å². The first kappa shape index (κ1) is 11.0. The Morgan fingerprint density at radius 1 is 1.43 bits per heavy atom. The molecule has 1 rings (SSSR count). The maximum Gasteiger partial charge on any atom is 0.214 e. The molecule has 3 heteroatoms. The Labute approximate surface area is 84.7 Å². The van der Waals surface area contributed by atoms with Crippen LogP contribution in [0.25, 0.3) is 0 Å². The predicted molar refractivity (Wildman–Crippen MR) is 55.2 cm³/mol. The molecule has 0 saturated carbocycles. The molecule has 1 heterocycles. The van der Waals surface area contributed by atoms with Gasteiger partial charge in [0.1, 0.15) is 5.60 Å². The Hall–Kier alpha value is -1.09. The Kier molecular flexibility index (Phi) is 3.47. The Balaban J connectivity index is 2.76. The Morgan fingerprint density at radius 3 is 2.71 bits per heavy atom. The molecule has 0 spiro atoms. The molecular formula is C11H17NO2. The highest BCUT2D eigenvalue weighted by atomic mass is 16.5. The average molecular weight is 195 g/mol. The number of aliphatic hydroxyl groups excluding tert-OH is 1. The number of aliphatic hydroxyl groups is 1. The van der Waals surface area contributed by atoms with Crippen molar-refractivity contribution in [2.24, 2.45) is 0 Å². The van der Waals surface area contributed by atoms with Gasteiger partial charge in [-0.1, -0.05) is 13.0 Å². The molecule has 0 bridgehead atoms. The summed E-state index contributed by atoms with van der Waals surface area (Å²) in [6.07, 6.45) is 0.915. The molecular weight excluding hydrogens is 178 g/mol. The van der Waals surface area contributed by atoms with Gasteiger partial charge in [0.2, 0.25) is 5.88 Å². The summed E-state index contributed by atoms with van der Waals surface area (Å²) >= 11 is 0. The average Bonchev–Trinajstić information content (AvgIpc) is 2.17. The largest absolute Gasteiger partial charge is 0.472 e. The van der Waals surface area contributed by atoms with Crippen molar-refractivity contribution < 1.29 is 9.84 Å². The van der Waals surface area contributed by atoms with E-state index in [4.69, 9.17) is 9.84 Å². The SMILES string of the molecule is CCC(C)(C)Oc1cccc(CO)n1. The smallest absolute Gasteiger partial charge is 0.214 e. The maximum absolute atomic E-state index is 8.90. The van der Waals surface area contributed by atoms with Crippen LogP contribution in [0.3, 0.4) is 0 Å². The predicted octanol–water partition coefficient (Wildman–Crippen LogP) is 2.14. The topological polar surface area (TPSA) is 42.4 Å². The fourth-order valence-corrected chi connectivity index (χ4v) is 0.958. The van der Waals surface area contributed by atoms with Crippen LogP contribution in [0.1, 0.15) is 32.9 Å². The number of pyridine rings is 1. The minimum Gasteiger partial charge on any atom is -0.472 e. The second-order valence-electron chi connectivity index (χ2n) is 3.84. The lowest BCUT2D eigenvalue weighted by atomic mass is 10.1. The molecule has 3 nitrogen and oxygen atoms in total. The minimum atomic E-state index is -0.207. The van der Waals surface area contributed by atoms with Crippen molar-refractivity contribution in [2.75, 3.05) is 0 Å². The van der Waals surface area contributed by atoms with Crippen molar-refractivity contribution in [1.82, 2.24) is 4.98 Å². The summed E-state index contributed by atoms with van der Waals surface area (Å²) in [6, 6.07) is 5.40. The van der Waals surface area contributed by atoms with Gasteiger partial charge in [0.25, 0.3) is 0 Å². The van der Waals surface area contributed by atoms with Crippen LogP contribution >= 0.6 is 0 Å². The van der Waals surface area contributed by atoms with Crippen LogP contribution in [0.5, 0.6) is 5.88 Å². The van der Waals surface area contributed by atoms with Gasteiger partial charge in [0, 0.05) is 6.07 Å². The third-order valence-electron chi connectivity index (χ3n) is 2.18. The molecule has 1 aromatic heterocycles. The summed E-state index contributed by atoms with van der Waals surface area (Å²) in [7, 11) is 0. The summed E-state index contributed by atoms with van der Waals surface area (Å²) in [5, 5.41) is 8.90. The molecule has 0 aliphatic carbocycles. The van der Waals surface area contributed by atoms with Crippen LogP contribution in [0.2, 0.25) is 0 Å². The fourth-order valence-electron chi connectivity index (χ4n) is 0.958. The molecule has 1 aromatic rings. The van der Waals surface area contributed by atoms with Gasteiger partial charge < -0.3 is 9.84 Å². The Morgan fingerprint density at radius 2 is 2.14 bits per heavy atom. The van der Waals surface area contributed by atoms with Gasteiger partial charge in [-0.3, -0.25) is 0 Å². The number of hydrogen-bond donors (Lipinski definition) is 1. The zero-order chi connectivity index (χ0) is 10.6. The van der Waals surface area contributed by atoms with Gasteiger partial charge in [-0.25, -0.2) is 4.98 Å². The quantitative estimate of drug-likeness (QED) is 0.800. The molecule has 0 saturated heterocycles. The van der Waals surface area contributed by atoms with E-state index in [0.29, 0.717) is 11.6 Å². The third-order valence-corrected chi connectivity index (χ3v) is 2.18. The number of ether oxygens (including phenoxy) is 1. The number of hydrogen-bond acceptors (Lipinski definition) is 3. The maximum atomic E-state index is 8.90.